The Balaban J connectivity index is 2.03. The minimum absolute atomic E-state index is 0.530. The van der Waals surface area contributed by atoms with E-state index in [1.54, 1.807) is 6.92 Å². The predicted octanol–water partition coefficient (Wildman–Crippen LogP) is 1.99. The molecule has 0 bridgehead atoms. The quantitative estimate of drug-likeness (QED) is 0.860. The molecule has 1 atom stereocenters. The van der Waals surface area contributed by atoms with Crippen LogP contribution in [-0.2, 0) is 13.0 Å². The highest BCUT2D eigenvalue weighted by atomic mass is 19.1. The Hall–Kier alpha value is -0.930. The number of piperazine rings is 1. The summed E-state index contributed by atoms with van der Waals surface area (Å²) in [6, 6.07) is 8.22. The molecule has 0 spiro atoms. The second-order valence-corrected chi connectivity index (χ2v) is 4.78. The van der Waals surface area contributed by atoms with E-state index in [2.05, 4.69) is 16.3 Å². The molecule has 1 aliphatic heterocycles. The third kappa shape index (κ3) is 3.79. The standard InChI is InChI=1S/C14H21FN2/c1-12(15)10-13-4-2-3-5-14(13)11-17-8-6-16-7-9-17/h2-5,12,16H,6-11H2,1H3. The minimum atomic E-state index is -0.765. The van der Waals surface area contributed by atoms with Crippen molar-refractivity contribution >= 4 is 0 Å². The van der Waals surface area contributed by atoms with Crippen LogP contribution >= 0.6 is 0 Å². The van der Waals surface area contributed by atoms with E-state index in [0.717, 1.165) is 38.3 Å². The normalized spacial score (nSPS) is 19.2. The van der Waals surface area contributed by atoms with Crippen LogP contribution in [0.1, 0.15) is 18.1 Å². The monoisotopic (exact) mass is 236 g/mol. The minimum Gasteiger partial charge on any atom is -0.314 e. The Morgan fingerprint density at radius 3 is 2.53 bits per heavy atom. The molecule has 17 heavy (non-hydrogen) atoms. The molecule has 0 saturated carbocycles. The lowest BCUT2D eigenvalue weighted by molar-refractivity contribution is 0.232. The molecule has 0 amide bonds. The van der Waals surface area contributed by atoms with Gasteiger partial charge in [-0.1, -0.05) is 24.3 Å². The molecule has 3 heteroatoms. The van der Waals surface area contributed by atoms with E-state index < -0.39 is 6.17 Å². The molecule has 1 aliphatic rings. The maximum Gasteiger partial charge on any atom is 0.101 e. The Bertz CT molecular complexity index is 346. The summed E-state index contributed by atoms with van der Waals surface area (Å²) in [5, 5.41) is 3.35. The van der Waals surface area contributed by atoms with E-state index >= 15 is 0 Å². The molecule has 1 aromatic rings. The van der Waals surface area contributed by atoms with Gasteiger partial charge in [0.15, 0.2) is 0 Å². The number of benzene rings is 1. The lowest BCUT2D eigenvalue weighted by atomic mass is 10.0. The number of halogens is 1. The fourth-order valence-electron chi connectivity index (χ4n) is 2.32. The predicted molar refractivity (Wildman–Crippen MR) is 68.9 cm³/mol. The Labute approximate surface area is 103 Å². The summed E-state index contributed by atoms with van der Waals surface area (Å²) in [4.78, 5) is 2.43. The zero-order chi connectivity index (χ0) is 12.1. The van der Waals surface area contributed by atoms with Crippen molar-refractivity contribution in [3.8, 4) is 0 Å². The molecule has 1 N–H and O–H groups in total. The number of rotatable bonds is 4. The van der Waals surface area contributed by atoms with Gasteiger partial charge in [0.05, 0.1) is 0 Å². The van der Waals surface area contributed by atoms with Crippen LogP contribution in [-0.4, -0.2) is 37.3 Å². The summed E-state index contributed by atoms with van der Waals surface area (Å²) in [6.45, 7) is 6.86. The summed E-state index contributed by atoms with van der Waals surface area (Å²) < 4.78 is 13.1. The maximum absolute atomic E-state index is 13.1. The summed E-state index contributed by atoms with van der Waals surface area (Å²) in [5.41, 5.74) is 2.43. The molecule has 0 radical (unpaired) electrons. The van der Waals surface area contributed by atoms with Crippen LogP contribution in [0, 0.1) is 0 Å². The summed E-state index contributed by atoms with van der Waals surface area (Å²) in [7, 11) is 0. The first kappa shape index (κ1) is 12.5. The third-order valence-corrected chi connectivity index (χ3v) is 3.22. The molecule has 1 heterocycles. The summed E-state index contributed by atoms with van der Waals surface area (Å²) in [6.07, 6.45) is -0.235. The van der Waals surface area contributed by atoms with Crippen molar-refractivity contribution in [2.75, 3.05) is 26.2 Å². The highest BCUT2D eigenvalue weighted by Gasteiger charge is 2.12. The van der Waals surface area contributed by atoms with Crippen molar-refractivity contribution in [1.82, 2.24) is 10.2 Å². The van der Waals surface area contributed by atoms with Crippen LogP contribution in [0.25, 0.3) is 0 Å². The van der Waals surface area contributed by atoms with Crippen LogP contribution in [0.15, 0.2) is 24.3 Å². The van der Waals surface area contributed by atoms with Crippen LogP contribution < -0.4 is 5.32 Å². The van der Waals surface area contributed by atoms with Gasteiger partial charge in [0.1, 0.15) is 6.17 Å². The van der Waals surface area contributed by atoms with Gasteiger partial charge in [-0.15, -0.1) is 0 Å². The van der Waals surface area contributed by atoms with Crippen LogP contribution in [0.5, 0.6) is 0 Å². The Morgan fingerprint density at radius 1 is 1.24 bits per heavy atom. The van der Waals surface area contributed by atoms with Gasteiger partial charge < -0.3 is 5.32 Å². The number of hydrogen-bond donors (Lipinski definition) is 1. The van der Waals surface area contributed by atoms with Crippen molar-refractivity contribution in [1.29, 1.82) is 0 Å². The van der Waals surface area contributed by atoms with Gasteiger partial charge in [-0.3, -0.25) is 4.90 Å². The van der Waals surface area contributed by atoms with E-state index in [1.165, 1.54) is 5.56 Å². The average Bonchev–Trinajstić information content (AvgIpc) is 2.32. The fourth-order valence-corrected chi connectivity index (χ4v) is 2.32. The fraction of sp³-hybridized carbons (Fsp3) is 0.571. The van der Waals surface area contributed by atoms with Gasteiger partial charge >= 0.3 is 0 Å². The summed E-state index contributed by atoms with van der Waals surface area (Å²) in [5.74, 6) is 0. The molecule has 0 aliphatic carbocycles. The molecule has 1 aromatic carbocycles. The van der Waals surface area contributed by atoms with Crippen molar-refractivity contribution in [3.05, 3.63) is 35.4 Å². The number of nitrogens with one attached hydrogen (secondary N) is 1. The van der Waals surface area contributed by atoms with E-state index in [9.17, 15) is 4.39 Å². The Morgan fingerprint density at radius 2 is 1.88 bits per heavy atom. The molecule has 1 unspecified atom stereocenters. The van der Waals surface area contributed by atoms with Crippen LogP contribution in [0.4, 0.5) is 4.39 Å². The highest BCUT2D eigenvalue weighted by molar-refractivity contribution is 5.27. The molecule has 0 aromatic heterocycles. The molecule has 1 fully saturated rings. The number of nitrogens with zero attached hydrogens (tertiary/aromatic N) is 1. The topological polar surface area (TPSA) is 15.3 Å². The van der Waals surface area contributed by atoms with Crippen molar-refractivity contribution < 1.29 is 4.39 Å². The first-order valence-electron chi connectivity index (χ1n) is 6.39. The summed E-state index contributed by atoms with van der Waals surface area (Å²) >= 11 is 0. The second kappa shape index (κ2) is 6.12. The SMILES string of the molecule is CC(F)Cc1ccccc1CN1CCNCC1. The van der Waals surface area contributed by atoms with Crippen molar-refractivity contribution in [3.63, 3.8) is 0 Å². The van der Waals surface area contributed by atoms with Gasteiger partial charge in [-0.25, -0.2) is 4.39 Å². The first-order valence-corrected chi connectivity index (χ1v) is 6.39. The molecule has 94 valence electrons. The molecule has 1 saturated heterocycles. The molecular weight excluding hydrogens is 215 g/mol. The molecule has 2 nitrogen and oxygen atoms in total. The lowest BCUT2D eigenvalue weighted by Gasteiger charge is -2.28. The Kier molecular flexibility index (Phi) is 4.51. The van der Waals surface area contributed by atoms with E-state index in [0.29, 0.717) is 6.42 Å². The molecular formula is C14H21FN2. The van der Waals surface area contributed by atoms with E-state index in [1.807, 2.05) is 18.2 Å². The van der Waals surface area contributed by atoms with Gasteiger partial charge in [0, 0.05) is 39.1 Å². The van der Waals surface area contributed by atoms with E-state index in [-0.39, 0.29) is 0 Å². The van der Waals surface area contributed by atoms with Crippen molar-refractivity contribution in [2.45, 2.75) is 26.1 Å². The zero-order valence-electron chi connectivity index (χ0n) is 10.5. The van der Waals surface area contributed by atoms with Crippen LogP contribution in [0.3, 0.4) is 0 Å². The maximum atomic E-state index is 13.1. The van der Waals surface area contributed by atoms with Crippen molar-refractivity contribution in [2.24, 2.45) is 0 Å². The largest absolute Gasteiger partial charge is 0.314 e. The number of hydrogen-bond acceptors (Lipinski definition) is 2. The van der Waals surface area contributed by atoms with Gasteiger partial charge in [0.2, 0.25) is 0 Å². The van der Waals surface area contributed by atoms with Gasteiger partial charge in [-0.05, 0) is 18.1 Å². The van der Waals surface area contributed by atoms with Gasteiger partial charge in [0.25, 0.3) is 0 Å². The first-order chi connectivity index (χ1) is 8.25. The van der Waals surface area contributed by atoms with E-state index in [4.69, 9.17) is 0 Å². The third-order valence-electron chi connectivity index (χ3n) is 3.22. The highest BCUT2D eigenvalue weighted by Crippen LogP contribution is 2.15. The second-order valence-electron chi connectivity index (χ2n) is 4.78. The molecule has 2 rings (SSSR count). The van der Waals surface area contributed by atoms with Gasteiger partial charge in [-0.2, -0.15) is 0 Å². The number of alkyl halides is 1. The average molecular weight is 236 g/mol. The lowest BCUT2D eigenvalue weighted by Crippen LogP contribution is -2.43. The smallest absolute Gasteiger partial charge is 0.101 e. The van der Waals surface area contributed by atoms with Crippen LogP contribution in [0.2, 0.25) is 0 Å². The zero-order valence-corrected chi connectivity index (χ0v) is 10.5.